The molecule has 0 aliphatic heterocycles. The minimum atomic E-state index is -0.0240. The molecule has 6 heteroatoms. The normalized spacial score (nSPS) is 11.0. The van der Waals surface area contributed by atoms with E-state index in [1.807, 2.05) is 36.6 Å². The molecule has 0 unspecified atom stereocenters. The van der Waals surface area contributed by atoms with Gasteiger partial charge in [0.2, 0.25) is 5.91 Å². The zero-order valence-electron chi connectivity index (χ0n) is 18.6. The Kier molecular flexibility index (Phi) is 8.62. The topological polar surface area (TPSA) is 54.5 Å². The Morgan fingerprint density at radius 1 is 1.06 bits per heavy atom. The third-order valence-electron chi connectivity index (χ3n) is 5.09. The van der Waals surface area contributed by atoms with Gasteiger partial charge in [-0.05, 0) is 43.3 Å². The van der Waals surface area contributed by atoms with Crippen LogP contribution in [0, 0.1) is 0 Å². The number of rotatable bonds is 11. The quantitative estimate of drug-likeness (QED) is 0.463. The molecule has 0 fully saturated rings. The molecule has 1 aromatic heterocycles. The predicted molar refractivity (Wildman–Crippen MR) is 127 cm³/mol. The third-order valence-corrected chi connectivity index (χ3v) is 6.02. The lowest BCUT2D eigenvalue weighted by Gasteiger charge is -2.18. The second-order valence-electron chi connectivity index (χ2n) is 7.31. The number of carbonyl (C=O) groups excluding carboxylic acids is 1. The number of nitrogens with zero attached hydrogens (tertiary/aromatic N) is 2. The zero-order chi connectivity index (χ0) is 22.1. The average Bonchev–Trinajstić information content (AvgIpc) is 3.25. The zero-order valence-corrected chi connectivity index (χ0v) is 19.4. The Labute approximate surface area is 189 Å². The van der Waals surface area contributed by atoms with Crippen molar-refractivity contribution in [1.82, 2.24) is 15.2 Å². The van der Waals surface area contributed by atoms with Crippen LogP contribution in [0.3, 0.4) is 0 Å². The molecule has 3 rings (SSSR count). The minimum absolute atomic E-state index is 0.0240. The number of aromatic nitrogens is 1. The number of hydrogen-bond acceptors (Lipinski definition) is 5. The molecule has 0 aliphatic rings. The fraction of sp³-hybridized carbons (Fsp3) is 0.360. The monoisotopic (exact) mass is 437 g/mol. The highest BCUT2D eigenvalue weighted by molar-refractivity contribution is 7.13. The second-order valence-corrected chi connectivity index (χ2v) is 8.17. The predicted octanol–water partition coefficient (Wildman–Crippen LogP) is 4.91. The first kappa shape index (κ1) is 23.0. The molecule has 0 atom stereocenters. The van der Waals surface area contributed by atoms with Crippen LogP contribution in [0.2, 0.25) is 0 Å². The number of nitrogens with one attached hydrogen (secondary N) is 1. The van der Waals surface area contributed by atoms with E-state index in [1.165, 1.54) is 16.9 Å². The summed E-state index contributed by atoms with van der Waals surface area (Å²) >= 11 is 1.54. The summed E-state index contributed by atoms with van der Waals surface area (Å²) in [5.74, 6) is 0.795. The Hall–Kier alpha value is -2.70. The molecule has 1 amide bonds. The van der Waals surface area contributed by atoms with Gasteiger partial charge < -0.3 is 10.1 Å². The smallest absolute Gasteiger partial charge is 0.226 e. The van der Waals surface area contributed by atoms with Crippen molar-refractivity contribution < 1.29 is 9.53 Å². The van der Waals surface area contributed by atoms with Crippen LogP contribution in [0.15, 0.2) is 53.9 Å². The summed E-state index contributed by atoms with van der Waals surface area (Å²) in [5, 5.41) is 5.84. The molecule has 0 saturated heterocycles. The number of amides is 1. The van der Waals surface area contributed by atoms with Gasteiger partial charge in [0, 0.05) is 18.5 Å². The number of carbonyl (C=O) groups is 1. The Morgan fingerprint density at radius 3 is 2.61 bits per heavy atom. The highest BCUT2D eigenvalue weighted by Gasteiger charge is 2.12. The molecule has 0 spiro atoms. The Balaban J connectivity index is 1.57. The van der Waals surface area contributed by atoms with E-state index in [2.05, 4.69) is 53.3 Å². The van der Waals surface area contributed by atoms with Gasteiger partial charge in [-0.2, -0.15) is 0 Å². The highest BCUT2D eigenvalue weighted by Crippen LogP contribution is 2.32. The number of ether oxygens (including phenoxy) is 1. The molecular weight excluding hydrogens is 406 g/mol. The molecule has 0 saturated carbocycles. The van der Waals surface area contributed by atoms with Gasteiger partial charge in [-0.3, -0.25) is 9.69 Å². The first-order valence-electron chi connectivity index (χ1n) is 10.9. The van der Waals surface area contributed by atoms with Crippen molar-refractivity contribution in [2.45, 2.75) is 40.3 Å². The van der Waals surface area contributed by atoms with Crippen LogP contribution < -0.4 is 10.1 Å². The maximum atomic E-state index is 12.5. The SMILES string of the molecule is CCOc1ccccc1-c1nc(CC(=O)NCc2cccc(CN(CC)CC)c2)cs1. The summed E-state index contributed by atoms with van der Waals surface area (Å²) < 4.78 is 5.70. The van der Waals surface area contributed by atoms with E-state index in [0.717, 1.165) is 47.2 Å². The van der Waals surface area contributed by atoms with E-state index in [0.29, 0.717) is 13.2 Å². The molecule has 5 nitrogen and oxygen atoms in total. The fourth-order valence-corrected chi connectivity index (χ4v) is 4.26. The lowest BCUT2D eigenvalue weighted by molar-refractivity contribution is -0.120. The van der Waals surface area contributed by atoms with Gasteiger partial charge in [-0.1, -0.05) is 50.2 Å². The van der Waals surface area contributed by atoms with Gasteiger partial charge in [-0.25, -0.2) is 4.98 Å². The summed E-state index contributed by atoms with van der Waals surface area (Å²) in [6.45, 7) is 10.4. The van der Waals surface area contributed by atoms with E-state index >= 15 is 0 Å². The number of benzene rings is 2. The van der Waals surface area contributed by atoms with Crippen LogP contribution in [0.1, 0.15) is 37.6 Å². The van der Waals surface area contributed by atoms with Crippen LogP contribution in [0.4, 0.5) is 0 Å². The van der Waals surface area contributed by atoms with Crippen LogP contribution in [-0.2, 0) is 24.3 Å². The number of para-hydroxylation sites is 1. The molecule has 2 aromatic carbocycles. The van der Waals surface area contributed by atoms with Crippen molar-refractivity contribution in [1.29, 1.82) is 0 Å². The first-order valence-corrected chi connectivity index (χ1v) is 11.7. The van der Waals surface area contributed by atoms with E-state index in [4.69, 9.17) is 4.74 Å². The second kappa shape index (κ2) is 11.6. The molecule has 3 aromatic rings. The largest absolute Gasteiger partial charge is 0.493 e. The van der Waals surface area contributed by atoms with Gasteiger partial charge in [-0.15, -0.1) is 11.3 Å². The van der Waals surface area contributed by atoms with E-state index in [1.54, 1.807) is 0 Å². The lowest BCUT2D eigenvalue weighted by atomic mass is 10.1. The van der Waals surface area contributed by atoms with Crippen LogP contribution in [0.25, 0.3) is 10.6 Å². The lowest BCUT2D eigenvalue weighted by Crippen LogP contribution is -2.25. The highest BCUT2D eigenvalue weighted by atomic mass is 32.1. The Bertz CT molecular complexity index is 982. The van der Waals surface area contributed by atoms with E-state index < -0.39 is 0 Å². The minimum Gasteiger partial charge on any atom is -0.493 e. The molecule has 164 valence electrons. The molecule has 0 radical (unpaired) electrons. The van der Waals surface area contributed by atoms with Crippen molar-refractivity contribution in [2.24, 2.45) is 0 Å². The van der Waals surface area contributed by atoms with Crippen molar-refractivity contribution in [3.63, 3.8) is 0 Å². The number of thiazole rings is 1. The number of hydrogen-bond donors (Lipinski definition) is 1. The van der Waals surface area contributed by atoms with Gasteiger partial charge >= 0.3 is 0 Å². The molecular formula is C25H31N3O2S. The molecule has 31 heavy (non-hydrogen) atoms. The maximum absolute atomic E-state index is 12.5. The van der Waals surface area contributed by atoms with Gasteiger partial charge in [0.25, 0.3) is 0 Å². The van der Waals surface area contributed by atoms with Gasteiger partial charge in [0.15, 0.2) is 0 Å². The summed E-state index contributed by atoms with van der Waals surface area (Å²) in [6.07, 6.45) is 0.270. The van der Waals surface area contributed by atoms with Gasteiger partial charge in [0.05, 0.1) is 24.3 Å². The van der Waals surface area contributed by atoms with Crippen molar-refractivity contribution in [3.8, 4) is 16.3 Å². The van der Waals surface area contributed by atoms with Crippen LogP contribution >= 0.6 is 11.3 Å². The molecule has 0 bridgehead atoms. The van der Waals surface area contributed by atoms with Crippen molar-refractivity contribution in [3.05, 3.63) is 70.7 Å². The molecule has 0 aliphatic carbocycles. The fourth-order valence-electron chi connectivity index (χ4n) is 3.41. The third kappa shape index (κ3) is 6.64. The molecule has 1 heterocycles. The standard InChI is InChI=1S/C25H31N3O2S/c1-4-28(5-2)17-20-11-9-10-19(14-20)16-26-24(29)15-21-18-31-25(27-21)22-12-7-8-13-23(22)30-6-3/h7-14,18H,4-6,15-17H2,1-3H3,(H,26,29). The van der Waals surface area contributed by atoms with Gasteiger partial charge in [0.1, 0.15) is 10.8 Å². The molecule has 1 N–H and O–H groups in total. The van der Waals surface area contributed by atoms with E-state index in [-0.39, 0.29) is 12.3 Å². The van der Waals surface area contributed by atoms with Crippen molar-refractivity contribution in [2.75, 3.05) is 19.7 Å². The summed E-state index contributed by atoms with van der Waals surface area (Å²) in [7, 11) is 0. The Morgan fingerprint density at radius 2 is 1.84 bits per heavy atom. The summed E-state index contributed by atoms with van der Waals surface area (Å²) in [4.78, 5) is 19.5. The van der Waals surface area contributed by atoms with Crippen molar-refractivity contribution >= 4 is 17.2 Å². The van der Waals surface area contributed by atoms with Crippen LogP contribution in [0.5, 0.6) is 5.75 Å². The summed E-state index contributed by atoms with van der Waals surface area (Å²) in [6, 6.07) is 16.3. The first-order chi connectivity index (χ1) is 15.1. The summed E-state index contributed by atoms with van der Waals surface area (Å²) in [5.41, 5.74) is 4.13. The average molecular weight is 438 g/mol. The van der Waals surface area contributed by atoms with E-state index in [9.17, 15) is 4.79 Å². The van der Waals surface area contributed by atoms with Crippen LogP contribution in [-0.4, -0.2) is 35.5 Å². The maximum Gasteiger partial charge on any atom is 0.226 e.